The molecule has 5 atom stereocenters. The summed E-state index contributed by atoms with van der Waals surface area (Å²) in [7, 11) is 0. The second-order valence-corrected chi connectivity index (χ2v) is 5.82. The molecule has 0 saturated heterocycles. The lowest BCUT2D eigenvalue weighted by Gasteiger charge is -2.48. The van der Waals surface area contributed by atoms with E-state index in [1.165, 1.54) is 0 Å². The minimum Gasteiger partial charge on any atom is -0.393 e. The molecule has 8 nitrogen and oxygen atoms in total. The van der Waals surface area contributed by atoms with Gasteiger partial charge in [0.05, 0.1) is 18.5 Å². The first-order valence-corrected chi connectivity index (χ1v) is 7.01. The molecule has 21 heavy (non-hydrogen) atoms. The molecule has 1 fully saturated rings. The number of rotatable bonds is 3. The van der Waals surface area contributed by atoms with Gasteiger partial charge in [0, 0.05) is 12.0 Å². The molecule has 0 amide bonds. The monoisotopic (exact) mass is 292 g/mol. The summed E-state index contributed by atoms with van der Waals surface area (Å²) in [5.41, 5.74) is 12.5. The van der Waals surface area contributed by atoms with Crippen LogP contribution in [0, 0.1) is 11.8 Å². The molecule has 2 aromatic rings. The van der Waals surface area contributed by atoms with Crippen LogP contribution in [0.2, 0.25) is 0 Å². The van der Waals surface area contributed by atoms with Crippen LogP contribution in [0.25, 0.3) is 11.2 Å². The van der Waals surface area contributed by atoms with Crippen LogP contribution >= 0.6 is 0 Å². The molecule has 0 aromatic carbocycles. The van der Waals surface area contributed by atoms with Crippen molar-refractivity contribution in [1.82, 2.24) is 19.5 Å². The summed E-state index contributed by atoms with van der Waals surface area (Å²) in [5.74, 6) is 0.349. The summed E-state index contributed by atoms with van der Waals surface area (Å²) in [4.78, 5) is 12.3. The molecule has 2 aromatic heterocycles. The fraction of sp³-hybridized carbons (Fsp3) is 0.615. The van der Waals surface area contributed by atoms with Crippen molar-refractivity contribution in [3.63, 3.8) is 0 Å². The fourth-order valence-corrected chi connectivity index (χ4v) is 3.38. The van der Waals surface area contributed by atoms with Gasteiger partial charge < -0.3 is 26.2 Å². The van der Waals surface area contributed by atoms with Crippen molar-refractivity contribution in [2.45, 2.75) is 38.5 Å². The highest BCUT2D eigenvalue weighted by Gasteiger charge is 2.47. The Kier molecular flexibility index (Phi) is 3.22. The molecule has 5 unspecified atom stereocenters. The third-order valence-electron chi connectivity index (χ3n) is 4.45. The van der Waals surface area contributed by atoms with Gasteiger partial charge in [-0.25, -0.2) is 4.98 Å². The summed E-state index contributed by atoms with van der Waals surface area (Å²) in [6, 6.07) is 0.0169. The fourth-order valence-electron chi connectivity index (χ4n) is 3.38. The van der Waals surface area contributed by atoms with Gasteiger partial charge in [0.15, 0.2) is 11.5 Å². The van der Waals surface area contributed by atoms with Crippen molar-refractivity contribution < 1.29 is 10.2 Å². The van der Waals surface area contributed by atoms with Gasteiger partial charge in [-0.3, -0.25) is 0 Å². The second kappa shape index (κ2) is 4.81. The smallest absolute Gasteiger partial charge is 0.224 e. The number of nitrogens with two attached hydrogens (primary N) is 2. The van der Waals surface area contributed by atoms with Crippen molar-refractivity contribution in [2.24, 2.45) is 11.8 Å². The standard InChI is InChI=1S/C13H20N6O2/c1-5(20)7-3-8(9(7)6(2)21)19-4-16-10-11(14)17-13(15)18-12(10)19/h4-9,20-21H,3H2,1-2H3,(H4,14,15,17,18). The molecule has 0 aliphatic heterocycles. The van der Waals surface area contributed by atoms with Gasteiger partial charge in [0.25, 0.3) is 0 Å². The first kappa shape index (κ1) is 14.0. The Morgan fingerprint density at radius 1 is 1.24 bits per heavy atom. The maximum absolute atomic E-state index is 10.0. The van der Waals surface area contributed by atoms with E-state index in [-0.39, 0.29) is 29.6 Å². The van der Waals surface area contributed by atoms with Gasteiger partial charge in [0.1, 0.15) is 5.52 Å². The van der Waals surface area contributed by atoms with Gasteiger partial charge in [-0.2, -0.15) is 9.97 Å². The number of hydrogen-bond donors (Lipinski definition) is 4. The van der Waals surface area contributed by atoms with Gasteiger partial charge in [-0.1, -0.05) is 0 Å². The highest BCUT2D eigenvalue weighted by atomic mass is 16.3. The minimum absolute atomic E-state index is 0.0169. The third-order valence-corrected chi connectivity index (χ3v) is 4.45. The summed E-state index contributed by atoms with van der Waals surface area (Å²) in [6.07, 6.45) is 1.41. The van der Waals surface area contributed by atoms with Crippen molar-refractivity contribution in [1.29, 1.82) is 0 Å². The normalized spacial score (nSPS) is 28.3. The van der Waals surface area contributed by atoms with E-state index in [9.17, 15) is 10.2 Å². The summed E-state index contributed by atoms with van der Waals surface area (Å²) < 4.78 is 1.88. The predicted octanol–water partition coefficient (Wildman–Crippen LogP) is -0.0705. The summed E-state index contributed by atoms with van der Waals surface area (Å²) >= 11 is 0. The lowest BCUT2D eigenvalue weighted by atomic mass is 9.64. The molecule has 1 aliphatic carbocycles. The van der Waals surface area contributed by atoms with E-state index in [4.69, 9.17) is 11.5 Å². The van der Waals surface area contributed by atoms with E-state index >= 15 is 0 Å². The van der Waals surface area contributed by atoms with Crippen LogP contribution in [0.15, 0.2) is 6.33 Å². The Labute approximate surface area is 121 Å². The number of fused-ring (bicyclic) bond motifs is 1. The second-order valence-electron chi connectivity index (χ2n) is 5.82. The van der Waals surface area contributed by atoms with Crippen LogP contribution in [0.1, 0.15) is 26.3 Å². The van der Waals surface area contributed by atoms with Gasteiger partial charge >= 0.3 is 0 Å². The van der Waals surface area contributed by atoms with Crippen LogP contribution in [0.4, 0.5) is 11.8 Å². The van der Waals surface area contributed by atoms with E-state index in [0.717, 1.165) is 6.42 Å². The molecule has 114 valence electrons. The van der Waals surface area contributed by atoms with Crippen molar-refractivity contribution >= 4 is 22.9 Å². The van der Waals surface area contributed by atoms with E-state index < -0.39 is 12.2 Å². The van der Waals surface area contributed by atoms with E-state index in [0.29, 0.717) is 11.2 Å². The SMILES string of the molecule is CC(O)C1CC(n2cnc3c(N)nc(N)nc32)C1C(C)O. The number of aliphatic hydroxyl groups is 2. The first-order chi connectivity index (χ1) is 9.90. The molecular formula is C13H20N6O2. The van der Waals surface area contributed by atoms with Gasteiger partial charge in [-0.15, -0.1) is 0 Å². The molecule has 3 rings (SSSR count). The molecule has 2 heterocycles. The number of anilines is 2. The van der Waals surface area contributed by atoms with Crippen molar-refractivity contribution in [2.75, 3.05) is 11.5 Å². The Hall–Kier alpha value is -1.93. The Balaban J connectivity index is 2.02. The molecule has 6 N–H and O–H groups in total. The Morgan fingerprint density at radius 3 is 2.57 bits per heavy atom. The molecule has 1 aliphatic rings. The topological polar surface area (TPSA) is 136 Å². The molecule has 1 saturated carbocycles. The van der Waals surface area contributed by atoms with Crippen molar-refractivity contribution in [3.05, 3.63) is 6.33 Å². The summed E-state index contributed by atoms with van der Waals surface area (Å²) in [5, 5.41) is 19.8. The van der Waals surface area contributed by atoms with Crippen LogP contribution in [0.3, 0.4) is 0 Å². The van der Waals surface area contributed by atoms with E-state index in [2.05, 4.69) is 15.0 Å². The zero-order valence-electron chi connectivity index (χ0n) is 12.0. The molecule has 0 spiro atoms. The maximum atomic E-state index is 10.0. The average Bonchev–Trinajstić information content (AvgIpc) is 2.70. The van der Waals surface area contributed by atoms with Crippen LogP contribution < -0.4 is 11.5 Å². The van der Waals surface area contributed by atoms with E-state index in [1.54, 1.807) is 20.2 Å². The number of nitrogens with zero attached hydrogens (tertiary/aromatic N) is 4. The van der Waals surface area contributed by atoms with E-state index in [1.807, 2.05) is 4.57 Å². The highest BCUT2D eigenvalue weighted by Crippen LogP contribution is 2.48. The molecular weight excluding hydrogens is 272 g/mol. The lowest BCUT2D eigenvalue weighted by Crippen LogP contribution is -2.48. The molecule has 8 heteroatoms. The van der Waals surface area contributed by atoms with Crippen LogP contribution in [-0.4, -0.2) is 41.9 Å². The number of nitrogen functional groups attached to an aromatic ring is 2. The third kappa shape index (κ3) is 2.11. The summed E-state index contributed by atoms with van der Waals surface area (Å²) in [6.45, 7) is 3.49. The maximum Gasteiger partial charge on any atom is 0.224 e. The number of aliphatic hydroxyl groups excluding tert-OH is 2. The zero-order valence-corrected chi connectivity index (χ0v) is 12.0. The molecule has 0 radical (unpaired) electrons. The zero-order chi connectivity index (χ0) is 15.3. The quantitative estimate of drug-likeness (QED) is 0.621. The largest absolute Gasteiger partial charge is 0.393 e. The minimum atomic E-state index is -0.530. The van der Waals surface area contributed by atoms with Crippen molar-refractivity contribution in [3.8, 4) is 0 Å². The predicted molar refractivity (Wildman–Crippen MR) is 78.1 cm³/mol. The first-order valence-electron chi connectivity index (χ1n) is 7.01. The average molecular weight is 292 g/mol. The Morgan fingerprint density at radius 2 is 1.95 bits per heavy atom. The van der Waals surface area contributed by atoms with Crippen LogP contribution in [0.5, 0.6) is 0 Å². The molecule has 0 bridgehead atoms. The van der Waals surface area contributed by atoms with Gasteiger partial charge in [0.2, 0.25) is 5.95 Å². The lowest BCUT2D eigenvalue weighted by molar-refractivity contribution is -0.0756. The number of aromatic nitrogens is 4. The van der Waals surface area contributed by atoms with Gasteiger partial charge in [-0.05, 0) is 26.2 Å². The number of imidazole rings is 1. The number of hydrogen-bond acceptors (Lipinski definition) is 7. The van der Waals surface area contributed by atoms with Crippen LogP contribution in [-0.2, 0) is 0 Å². The Bertz CT molecular complexity index is 668. The highest BCUT2D eigenvalue weighted by molar-refractivity contribution is 5.82.